The monoisotopic (exact) mass is 387 g/mol. The van der Waals surface area contributed by atoms with E-state index >= 15 is 0 Å². The van der Waals surface area contributed by atoms with Crippen molar-refractivity contribution >= 4 is 15.7 Å². The van der Waals surface area contributed by atoms with E-state index in [9.17, 15) is 17.6 Å². The van der Waals surface area contributed by atoms with Crippen LogP contribution in [0.4, 0.5) is 4.39 Å². The average molecular weight is 387 g/mol. The summed E-state index contributed by atoms with van der Waals surface area (Å²) >= 11 is 0. The van der Waals surface area contributed by atoms with Gasteiger partial charge in [-0.15, -0.1) is 0 Å². The fourth-order valence-electron chi connectivity index (χ4n) is 2.66. The maximum atomic E-state index is 12.9. The van der Waals surface area contributed by atoms with Gasteiger partial charge in [0.1, 0.15) is 11.5 Å². The van der Waals surface area contributed by atoms with E-state index in [0.29, 0.717) is 17.0 Å². The number of nitrogens with one attached hydrogen (secondary N) is 2. The Morgan fingerprint density at radius 2 is 1.78 bits per heavy atom. The summed E-state index contributed by atoms with van der Waals surface area (Å²) in [4.78, 5) is 12.6. The van der Waals surface area contributed by atoms with Crippen LogP contribution in [0.3, 0.4) is 0 Å². The number of amides is 1. The van der Waals surface area contributed by atoms with E-state index in [1.165, 1.54) is 12.1 Å². The summed E-state index contributed by atoms with van der Waals surface area (Å²) in [6, 6.07) is 13.8. The Hall–Kier alpha value is -3.00. The van der Waals surface area contributed by atoms with Gasteiger partial charge in [-0.2, -0.15) is 5.10 Å². The number of benzene rings is 2. The van der Waals surface area contributed by atoms with Crippen LogP contribution >= 0.6 is 0 Å². The summed E-state index contributed by atoms with van der Waals surface area (Å²) in [5, 5.41) is 9.59. The van der Waals surface area contributed by atoms with Crippen molar-refractivity contribution in [2.75, 3.05) is 12.3 Å². The Labute approximate surface area is 156 Å². The lowest BCUT2D eigenvalue weighted by atomic mass is 10.1. The first-order valence-electron chi connectivity index (χ1n) is 8.25. The number of aromatic amines is 1. The molecule has 8 heteroatoms. The maximum Gasteiger partial charge on any atom is 0.255 e. The normalized spacial score (nSPS) is 11.3. The number of nitrogens with zero attached hydrogens (tertiary/aromatic N) is 1. The molecule has 6 nitrogen and oxygen atoms in total. The van der Waals surface area contributed by atoms with Gasteiger partial charge in [-0.05, 0) is 31.2 Å². The zero-order valence-corrected chi connectivity index (χ0v) is 15.4. The van der Waals surface area contributed by atoms with Crippen LogP contribution in [0.25, 0.3) is 11.3 Å². The highest BCUT2D eigenvalue weighted by molar-refractivity contribution is 7.91. The van der Waals surface area contributed by atoms with E-state index in [-0.39, 0.29) is 17.2 Å². The Morgan fingerprint density at radius 1 is 1.11 bits per heavy atom. The van der Waals surface area contributed by atoms with Crippen LogP contribution in [0.15, 0.2) is 59.5 Å². The molecule has 0 aliphatic rings. The van der Waals surface area contributed by atoms with E-state index in [0.717, 1.165) is 17.7 Å². The topological polar surface area (TPSA) is 91.9 Å². The molecule has 0 bridgehead atoms. The number of H-pyrrole nitrogens is 1. The highest BCUT2D eigenvalue weighted by Gasteiger charge is 2.20. The number of rotatable bonds is 6. The maximum absolute atomic E-state index is 12.9. The number of hydrogen-bond acceptors (Lipinski definition) is 4. The molecular formula is C19H18FN3O3S. The van der Waals surface area contributed by atoms with Crippen molar-refractivity contribution in [2.45, 2.75) is 11.8 Å². The minimum Gasteiger partial charge on any atom is -0.351 e. The zero-order valence-electron chi connectivity index (χ0n) is 14.6. The largest absolute Gasteiger partial charge is 0.351 e. The first-order chi connectivity index (χ1) is 12.9. The van der Waals surface area contributed by atoms with Gasteiger partial charge < -0.3 is 5.32 Å². The Morgan fingerprint density at radius 3 is 2.44 bits per heavy atom. The second-order valence-corrected chi connectivity index (χ2v) is 8.08. The standard InChI is InChI=1S/C19H18FN3O3S/c1-13-17(18(23-22-13)14-5-3-2-4-6-14)19(24)21-11-12-27(25,26)16-9-7-15(20)8-10-16/h2-10H,11-12H2,1H3,(H,21,24)(H,22,23). The fraction of sp³-hybridized carbons (Fsp3) is 0.158. The molecule has 3 rings (SSSR count). The average Bonchev–Trinajstić information content (AvgIpc) is 3.04. The second kappa shape index (κ2) is 7.71. The number of aryl methyl sites for hydroxylation is 1. The molecule has 0 spiro atoms. The van der Waals surface area contributed by atoms with Crippen molar-refractivity contribution < 1.29 is 17.6 Å². The fourth-order valence-corrected chi connectivity index (χ4v) is 3.82. The highest BCUT2D eigenvalue weighted by atomic mass is 32.2. The van der Waals surface area contributed by atoms with E-state index < -0.39 is 21.6 Å². The molecule has 0 unspecified atom stereocenters. The van der Waals surface area contributed by atoms with Gasteiger partial charge in [-0.3, -0.25) is 9.89 Å². The molecule has 0 fully saturated rings. The summed E-state index contributed by atoms with van der Waals surface area (Å²) in [6.07, 6.45) is 0. The molecule has 0 aliphatic carbocycles. The van der Waals surface area contributed by atoms with Crippen LogP contribution in [0, 0.1) is 12.7 Å². The van der Waals surface area contributed by atoms with Gasteiger partial charge in [0.15, 0.2) is 9.84 Å². The lowest BCUT2D eigenvalue weighted by molar-refractivity contribution is 0.0956. The molecule has 27 heavy (non-hydrogen) atoms. The molecule has 1 heterocycles. The van der Waals surface area contributed by atoms with Crippen molar-refractivity contribution in [3.05, 3.63) is 71.7 Å². The van der Waals surface area contributed by atoms with Crippen LogP contribution in [0.5, 0.6) is 0 Å². The van der Waals surface area contributed by atoms with Gasteiger partial charge in [0.05, 0.1) is 16.2 Å². The number of carbonyl (C=O) groups excluding carboxylic acids is 1. The molecule has 2 N–H and O–H groups in total. The molecule has 3 aromatic rings. The van der Waals surface area contributed by atoms with Gasteiger partial charge in [-0.25, -0.2) is 12.8 Å². The summed E-state index contributed by atoms with van der Waals surface area (Å²) < 4.78 is 37.5. The van der Waals surface area contributed by atoms with Crippen molar-refractivity contribution in [2.24, 2.45) is 0 Å². The molecule has 2 aromatic carbocycles. The first kappa shape index (κ1) is 18.8. The molecule has 0 aliphatic heterocycles. The smallest absolute Gasteiger partial charge is 0.255 e. The third-order valence-electron chi connectivity index (χ3n) is 4.05. The highest BCUT2D eigenvalue weighted by Crippen LogP contribution is 2.23. The molecular weight excluding hydrogens is 369 g/mol. The van der Waals surface area contributed by atoms with E-state index in [4.69, 9.17) is 0 Å². The van der Waals surface area contributed by atoms with Crippen molar-refractivity contribution in [3.8, 4) is 11.3 Å². The zero-order chi connectivity index (χ0) is 19.4. The van der Waals surface area contributed by atoms with Gasteiger partial charge in [0.25, 0.3) is 5.91 Å². The van der Waals surface area contributed by atoms with Crippen LogP contribution in [-0.4, -0.2) is 36.8 Å². The molecule has 1 aromatic heterocycles. The molecule has 0 radical (unpaired) electrons. The third-order valence-corrected chi connectivity index (χ3v) is 5.78. The molecule has 0 atom stereocenters. The third kappa shape index (κ3) is 4.22. The van der Waals surface area contributed by atoms with Crippen LogP contribution < -0.4 is 5.32 Å². The first-order valence-corrected chi connectivity index (χ1v) is 9.90. The molecule has 0 saturated heterocycles. The van der Waals surface area contributed by atoms with Gasteiger partial charge in [0.2, 0.25) is 0 Å². The minimum atomic E-state index is -3.62. The van der Waals surface area contributed by atoms with Crippen molar-refractivity contribution in [1.82, 2.24) is 15.5 Å². The number of halogens is 1. The van der Waals surface area contributed by atoms with E-state index in [1.807, 2.05) is 30.3 Å². The van der Waals surface area contributed by atoms with Crippen molar-refractivity contribution in [3.63, 3.8) is 0 Å². The minimum absolute atomic E-state index is 0.0163. The molecule has 140 valence electrons. The number of aromatic nitrogens is 2. The van der Waals surface area contributed by atoms with Crippen LogP contribution in [-0.2, 0) is 9.84 Å². The van der Waals surface area contributed by atoms with Crippen LogP contribution in [0.1, 0.15) is 16.1 Å². The predicted octanol–water partition coefficient (Wildman–Crippen LogP) is 2.73. The number of sulfone groups is 1. The summed E-state index contributed by atoms with van der Waals surface area (Å²) in [5.74, 6) is -1.21. The summed E-state index contributed by atoms with van der Waals surface area (Å²) in [7, 11) is -3.62. The number of hydrogen-bond donors (Lipinski definition) is 2. The van der Waals surface area contributed by atoms with Gasteiger partial charge >= 0.3 is 0 Å². The van der Waals surface area contributed by atoms with Crippen molar-refractivity contribution in [1.29, 1.82) is 0 Å². The summed E-state index contributed by atoms with van der Waals surface area (Å²) in [5.41, 5.74) is 2.26. The Balaban J connectivity index is 1.70. The van der Waals surface area contributed by atoms with Crippen LogP contribution in [0.2, 0.25) is 0 Å². The Bertz CT molecular complexity index is 1050. The lowest BCUT2D eigenvalue weighted by Crippen LogP contribution is -2.29. The summed E-state index contributed by atoms with van der Waals surface area (Å²) in [6.45, 7) is 1.65. The number of carbonyl (C=O) groups is 1. The quantitative estimate of drug-likeness (QED) is 0.636. The van der Waals surface area contributed by atoms with Gasteiger partial charge in [0, 0.05) is 17.8 Å². The SMILES string of the molecule is Cc1[nH]nc(-c2ccccc2)c1C(=O)NCCS(=O)(=O)c1ccc(F)cc1. The van der Waals surface area contributed by atoms with E-state index in [1.54, 1.807) is 6.92 Å². The predicted molar refractivity (Wildman–Crippen MR) is 99.5 cm³/mol. The molecule has 1 amide bonds. The Kier molecular flexibility index (Phi) is 5.36. The second-order valence-electron chi connectivity index (χ2n) is 5.97. The van der Waals surface area contributed by atoms with Gasteiger partial charge in [-0.1, -0.05) is 30.3 Å². The lowest BCUT2D eigenvalue weighted by Gasteiger charge is -2.08. The molecule has 0 saturated carbocycles. The van der Waals surface area contributed by atoms with E-state index in [2.05, 4.69) is 15.5 Å².